The summed E-state index contributed by atoms with van der Waals surface area (Å²) in [5.74, 6) is -0.449. The van der Waals surface area contributed by atoms with E-state index < -0.39 is 17.7 Å². The molecule has 1 saturated heterocycles. The molecule has 1 unspecified atom stereocenters. The lowest BCUT2D eigenvalue weighted by Crippen LogP contribution is -2.50. The zero-order valence-corrected chi connectivity index (χ0v) is 20.8. The molecule has 1 aliphatic heterocycles. The standard InChI is InChI=1S/C24H21F4N7OS/c1-11-10-35(7-6-34(11)2)22-18-16(31-23(33-22)36-3)8-13(20(32-18)24(26,27)28)12-4-5-15(25)19-17(12)14(9-29)21(30)37-19/h4-5,8,11H,6-7,10,30H2,1-3H3. The van der Waals surface area contributed by atoms with Gasteiger partial charge in [0.2, 0.25) is 0 Å². The van der Waals surface area contributed by atoms with Crippen molar-refractivity contribution < 1.29 is 22.3 Å². The monoisotopic (exact) mass is 531 g/mol. The average Bonchev–Trinajstić information content (AvgIpc) is 3.20. The van der Waals surface area contributed by atoms with Crippen molar-refractivity contribution in [2.45, 2.75) is 19.1 Å². The van der Waals surface area contributed by atoms with E-state index in [1.807, 2.05) is 24.9 Å². The molecule has 0 radical (unpaired) electrons. The first-order valence-corrected chi connectivity index (χ1v) is 12.0. The number of methoxy groups -OCH3 is 1. The Morgan fingerprint density at radius 1 is 1.19 bits per heavy atom. The van der Waals surface area contributed by atoms with Gasteiger partial charge in [0, 0.05) is 36.6 Å². The van der Waals surface area contributed by atoms with Crippen molar-refractivity contribution in [3.63, 3.8) is 0 Å². The van der Waals surface area contributed by atoms with Crippen LogP contribution < -0.4 is 15.4 Å². The fourth-order valence-corrected chi connectivity index (χ4v) is 5.47. The number of ether oxygens (including phenoxy) is 1. The number of nitriles is 1. The number of benzene rings is 1. The first-order chi connectivity index (χ1) is 17.5. The Bertz CT molecular complexity index is 1580. The number of aromatic nitrogens is 3. The van der Waals surface area contributed by atoms with Gasteiger partial charge < -0.3 is 20.3 Å². The van der Waals surface area contributed by atoms with E-state index in [0.29, 0.717) is 19.6 Å². The number of halogens is 4. The molecule has 8 nitrogen and oxygen atoms in total. The second-order valence-electron chi connectivity index (χ2n) is 8.81. The van der Waals surface area contributed by atoms with E-state index in [0.717, 1.165) is 17.4 Å². The highest BCUT2D eigenvalue weighted by Crippen LogP contribution is 2.45. The van der Waals surface area contributed by atoms with Crippen molar-refractivity contribution in [2.75, 3.05) is 44.4 Å². The molecule has 1 aromatic carbocycles. The van der Waals surface area contributed by atoms with E-state index in [-0.39, 0.29) is 60.7 Å². The predicted molar refractivity (Wildman–Crippen MR) is 133 cm³/mol. The fraction of sp³-hybridized carbons (Fsp3) is 0.333. The van der Waals surface area contributed by atoms with Crippen LogP contribution in [0.15, 0.2) is 18.2 Å². The molecular weight excluding hydrogens is 510 g/mol. The Labute approximate surface area is 212 Å². The maximum atomic E-state index is 14.6. The normalized spacial score (nSPS) is 16.9. The van der Waals surface area contributed by atoms with Crippen LogP contribution in [-0.2, 0) is 6.18 Å². The second-order valence-corrected chi connectivity index (χ2v) is 9.86. The molecule has 0 saturated carbocycles. The third-order valence-electron chi connectivity index (χ3n) is 6.56. The molecule has 2 N–H and O–H groups in total. The molecule has 3 aromatic heterocycles. The molecule has 4 aromatic rings. The first-order valence-electron chi connectivity index (χ1n) is 11.2. The van der Waals surface area contributed by atoms with Crippen molar-refractivity contribution >= 4 is 43.3 Å². The van der Waals surface area contributed by atoms with Gasteiger partial charge >= 0.3 is 12.2 Å². The number of rotatable bonds is 3. The summed E-state index contributed by atoms with van der Waals surface area (Å²) in [4.78, 5) is 16.7. The molecule has 0 aliphatic carbocycles. The number of likely N-dealkylation sites (N-methyl/N-ethyl adjacent to an activating group) is 1. The number of thiophene rings is 1. The molecule has 37 heavy (non-hydrogen) atoms. The third kappa shape index (κ3) is 4.15. The number of alkyl halides is 3. The van der Waals surface area contributed by atoms with Crippen LogP contribution in [0.5, 0.6) is 6.01 Å². The number of anilines is 2. The molecule has 13 heteroatoms. The Balaban J connectivity index is 1.83. The highest BCUT2D eigenvalue weighted by molar-refractivity contribution is 7.23. The van der Waals surface area contributed by atoms with Crippen molar-refractivity contribution in [3.8, 4) is 23.2 Å². The molecule has 192 valence electrons. The second kappa shape index (κ2) is 8.97. The highest BCUT2D eigenvalue weighted by Gasteiger charge is 2.38. The number of nitrogen functional groups attached to an aromatic ring is 1. The van der Waals surface area contributed by atoms with Gasteiger partial charge in [0.05, 0.1) is 22.9 Å². The summed E-state index contributed by atoms with van der Waals surface area (Å²) in [6.45, 7) is 3.75. The molecule has 0 bridgehead atoms. The molecule has 0 amide bonds. The summed E-state index contributed by atoms with van der Waals surface area (Å²) in [7, 11) is 3.34. The Morgan fingerprint density at radius 3 is 2.59 bits per heavy atom. The Morgan fingerprint density at radius 2 is 1.95 bits per heavy atom. The lowest BCUT2D eigenvalue weighted by atomic mass is 9.97. The van der Waals surface area contributed by atoms with Crippen molar-refractivity contribution in [1.29, 1.82) is 5.26 Å². The largest absolute Gasteiger partial charge is 0.467 e. The molecule has 1 atom stereocenters. The van der Waals surface area contributed by atoms with Crippen molar-refractivity contribution in [3.05, 3.63) is 35.3 Å². The van der Waals surface area contributed by atoms with Gasteiger partial charge in [-0.2, -0.15) is 28.4 Å². The van der Waals surface area contributed by atoms with E-state index in [9.17, 15) is 22.8 Å². The summed E-state index contributed by atoms with van der Waals surface area (Å²) in [5, 5.41) is 9.65. The van der Waals surface area contributed by atoms with Crippen LogP contribution in [0.1, 0.15) is 18.2 Å². The van der Waals surface area contributed by atoms with E-state index in [2.05, 4.69) is 19.9 Å². The third-order valence-corrected chi connectivity index (χ3v) is 7.59. The van der Waals surface area contributed by atoms with Gasteiger partial charge in [-0.05, 0) is 31.7 Å². The van der Waals surface area contributed by atoms with Crippen LogP contribution in [0.3, 0.4) is 0 Å². The SMILES string of the molecule is COc1nc(N2CCN(C)C(C)C2)c2nc(C(F)(F)F)c(-c3ccc(F)c4sc(N)c(C#N)c34)cc2n1. The van der Waals surface area contributed by atoms with E-state index in [1.54, 1.807) is 0 Å². The number of nitrogens with zero attached hydrogens (tertiary/aromatic N) is 6. The minimum absolute atomic E-state index is 0.00536. The number of hydrogen-bond donors (Lipinski definition) is 1. The van der Waals surface area contributed by atoms with Crippen LogP contribution in [0, 0.1) is 17.1 Å². The highest BCUT2D eigenvalue weighted by atomic mass is 32.1. The predicted octanol–water partition coefficient (Wildman–Crippen LogP) is 4.67. The fourth-order valence-electron chi connectivity index (χ4n) is 4.52. The van der Waals surface area contributed by atoms with Crippen molar-refractivity contribution in [2.24, 2.45) is 0 Å². The van der Waals surface area contributed by atoms with Gasteiger partial charge in [-0.1, -0.05) is 6.07 Å². The zero-order chi connectivity index (χ0) is 26.6. The number of pyridine rings is 1. The number of fused-ring (bicyclic) bond motifs is 2. The van der Waals surface area contributed by atoms with Crippen LogP contribution in [0.25, 0.3) is 32.2 Å². The quantitative estimate of drug-likeness (QED) is 0.381. The zero-order valence-electron chi connectivity index (χ0n) is 20.0. The van der Waals surface area contributed by atoms with Gasteiger partial charge in [-0.25, -0.2) is 9.37 Å². The average molecular weight is 532 g/mol. The topological polar surface area (TPSA) is 104 Å². The van der Waals surface area contributed by atoms with Gasteiger partial charge in [-0.15, -0.1) is 11.3 Å². The van der Waals surface area contributed by atoms with Gasteiger partial charge in [0.15, 0.2) is 11.5 Å². The Hall–Kier alpha value is -3.76. The van der Waals surface area contributed by atoms with Crippen LogP contribution in [0.2, 0.25) is 0 Å². The molecule has 5 rings (SSSR count). The molecule has 1 fully saturated rings. The Kier molecular flexibility index (Phi) is 6.04. The van der Waals surface area contributed by atoms with Gasteiger partial charge in [0.25, 0.3) is 0 Å². The first kappa shape index (κ1) is 24.9. The van der Waals surface area contributed by atoms with E-state index in [1.165, 1.54) is 19.2 Å². The van der Waals surface area contributed by atoms with Gasteiger partial charge in [-0.3, -0.25) is 0 Å². The lowest BCUT2D eigenvalue weighted by molar-refractivity contribution is -0.140. The number of hydrogen-bond acceptors (Lipinski definition) is 9. The molecule has 4 heterocycles. The summed E-state index contributed by atoms with van der Waals surface area (Å²) < 4.78 is 63.2. The molecule has 0 spiro atoms. The van der Waals surface area contributed by atoms with Crippen LogP contribution >= 0.6 is 11.3 Å². The minimum atomic E-state index is -4.87. The number of nitrogens with two attached hydrogens (primary N) is 1. The summed E-state index contributed by atoms with van der Waals surface area (Å²) in [6, 6.07) is 5.48. The maximum Gasteiger partial charge on any atom is 0.433 e. The summed E-state index contributed by atoms with van der Waals surface area (Å²) in [5.41, 5.74) is 4.34. The minimum Gasteiger partial charge on any atom is -0.467 e. The van der Waals surface area contributed by atoms with Gasteiger partial charge in [0.1, 0.15) is 22.4 Å². The van der Waals surface area contributed by atoms with E-state index >= 15 is 0 Å². The molecule has 1 aliphatic rings. The van der Waals surface area contributed by atoms with Crippen LogP contribution in [0.4, 0.5) is 28.4 Å². The van der Waals surface area contributed by atoms with E-state index in [4.69, 9.17) is 10.5 Å². The smallest absolute Gasteiger partial charge is 0.433 e. The maximum absolute atomic E-state index is 14.6. The molecular formula is C24H21F4N7OS. The summed E-state index contributed by atoms with van der Waals surface area (Å²) >= 11 is 0.806. The van der Waals surface area contributed by atoms with Crippen LogP contribution in [-0.4, -0.2) is 59.7 Å². The summed E-state index contributed by atoms with van der Waals surface area (Å²) in [6.07, 6.45) is -4.87. The van der Waals surface area contributed by atoms with Crippen molar-refractivity contribution in [1.82, 2.24) is 19.9 Å². The lowest BCUT2D eigenvalue weighted by Gasteiger charge is -2.38. The number of piperazine rings is 1.